The average molecular weight is 557 g/mol. The molecule has 0 radical (unpaired) electrons. The standard InChI is InChI=1S/C7H14N.C7H10N.4ClH.Pt/c2*1-6-3-7(2)5-8-4-6;;;;;/h6-7H,3-5H2,1-2H3;3-4H,5H2,1-2H3;4*1H;/q2*-1;;;;;+6/p-4. The maximum absolute atomic E-state index is 5.01. The summed E-state index contributed by atoms with van der Waals surface area (Å²) in [6, 6.07) is 0. The van der Waals surface area contributed by atoms with E-state index in [0.29, 0.717) is 0 Å². The summed E-state index contributed by atoms with van der Waals surface area (Å²) < 4.78 is 0. The van der Waals surface area contributed by atoms with E-state index in [1.807, 2.05) is 6.20 Å². The van der Waals surface area contributed by atoms with Crippen molar-refractivity contribution in [3.8, 4) is 0 Å². The van der Waals surface area contributed by atoms with Gasteiger partial charge in [-0.25, -0.2) is 0 Å². The molecule has 0 aliphatic carbocycles. The van der Waals surface area contributed by atoms with E-state index in [0.717, 1.165) is 31.5 Å². The van der Waals surface area contributed by atoms with Gasteiger partial charge in [-0.05, 0) is 13.8 Å². The van der Waals surface area contributed by atoms with Crippen molar-refractivity contribution in [3.63, 3.8) is 0 Å². The van der Waals surface area contributed by atoms with Gasteiger partial charge >= 0.3 is 49.6 Å². The SMILES string of the molecule is CC1=C[N-]CC(C)=C1.CC1C[N-]CC(C)C1.[Cl][Pt+2]([Cl])([Cl])[Cl]. The fraction of sp³-hybridized carbons (Fsp3) is 0.714. The molecule has 2 nitrogen and oxygen atoms in total. The van der Waals surface area contributed by atoms with E-state index in [2.05, 4.69) is 44.4 Å². The van der Waals surface area contributed by atoms with Crippen molar-refractivity contribution in [1.82, 2.24) is 0 Å². The second kappa shape index (κ2) is 11.6. The minimum atomic E-state index is -3.06. The first kappa shape index (κ1) is 22.1. The first-order valence-electron chi connectivity index (χ1n) is 6.69. The molecule has 0 aromatic carbocycles. The summed E-state index contributed by atoms with van der Waals surface area (Å²) >= 11 is -3.06. The number of halogens is 4. The predicted molar refractivity (Wildman–Crippen MR) is 95.2 cm³/mol. The van der Waals surface area contributed by atoms with Gasteiger partial charge in [0.25, 0.3) is 0 Å². The normalized spacial score (nSPS) is 25.9. The first-order valence-corrected chi connectivity index (χ1v) is 18.0. The topological polar surface area (TPSA) is 28.2 Å². The molecular weight excluding hydrogens is 533 g/mol. The van der Waals surface area contributed by atoms with Crippen LogP contribution in [0.1, 0.15) is 34.1 Å². The fourth-order valence-electron chi connectivity index (χ4n) is 2.16. The molecule has 0 N–H and O–H groups in total. The number of piperidine rings is 1. The number of allylic oxidation sites excluding steroid dienone is 2. The van der Waals surface area contributed by atoms with E-state index >= 15 is 0 Å². The van der Waals surface area contributed by atoms with Crippen molar-refractivity contribution in [1.29, 1.82) is 0 Å². The third kappa shape index (κ3) is 17.3. The molecule has 0 bridgehead atoms. The van der Waals surface area contributed by atoms with Crippen LogP contribution in [0.5, 0.6) is 0 Å². The van der Waals surface area contributed by atoms with Gasteiger partial charge < -0.3 is 10.6 Å². The third-order valence-corrected chi connectivity index (χ3v) is 2.80. The Balaban J connectivity index is 0.000000296. The van der Waals surface area contributed by atoms with E-state index in [1.165, 1.54) is 17.6 Å². The van der Waals surface area contributed by atoms with Crippen LogP contribution in [0, 0.1) is 11.8 Å². The first-order chi connectivity index (χ1) is 9.58. The molecule has 0 saturated carbocycles. The molecule has 21 heavy (non-hydrogen) atoms. The number of hydrogen-bond donors (Lipinski definition) is 0. The van der Waals surface area contributed by atoms with Crippen LogP contribution in [0.2, 0.25) is 0 Å². The second-order valence-corrected chi connectivity index (χ2v) is 25.2. The van der Waals surface area contributed by atoms with Gasteiger partial charge in [-0.1, -0.05) is 49.3 Å². The van der Waals surface area contributed by atoms with Gasteiger partial charge in [-0.15, -0.1) is 19.6 Å². The number of rotatable bonds is 0. The summed E-state index contributed by atoms with van der Waals surface area (Å²) in [6.07, 6.45) is 5.45. The molecule has 1 fully saturated rings. The van der Waals surface area contributed by atoms with Gasteiger partial charge in [0.05, 0.1) is 0 Å². The zero-order valence-electron chi connectivity index (χ0n) is 12.9. The third-order valence-electron chi connectivity index (χ3n) is 2.80. The van der Waals surface area contributed by atoms with Crippen LogP contribution in [0.15, 0.2) is 23.4 Å². The Labute approximate surface area is 148 Å². The summed E-state index contributed by atoms with van der Waals surface area (Å²) in [7, 11) is 20.0. The Hall–Kier alpha value is 1.09. The van der Waals surface area contributed by atoms with Crippen molar-refractivity contribution < 1.29 is 11.9 Å². The van der Waals surface area contributed by atoms with Crippen LogP contribution in [-0.4, -0.2) is 19.6 Å². The van der Waals surface area contributed by atoms with Crippen LogP contribution in [0.4, 0.5) is 0 Å². The van der Waals surface area contributed by atoms with Crippen LogP contribution >= 0.6 is 37.7 Å². The van der Waals surface area contributed by atoms with Crippen molar-refractivity contribution in [2.75, 3.05) is 19.6 Å². The maximum atomic E-state index is 5.01. The molecular formula is C14H24Cl4N2Pt. The van der Waals surface area contributed by atoms with Gasteiger partial charge in [0.15, 0.2) is 0 Å². The summed E-state index contributed by atoms with van der Waals surface area (Å²) in [5.74, 6) is 1.69. The quantitative estimate of drug-likeness (QED) is 0.307. The van der Waals surface area contributed by atoms with E-state index in [1.54, 1.807) is 0 Å². The molecule has 2 unspecified atom stereocenters. The molecule has 2 heterocycles. The van der Waals surface area contributed by atoms with Crippen LogP contribution in [0.25, 0.3) is 10.6 Å². The number of hydrogen-bond acceptors (Lipinski definition) is 0. The summed E-state index contributed by atoms with van der Waals surface area (Å²) in [5, 5.41) is 8.45. The molecule has 2 rings (SSSR count). The van der Waals surface area contributed by atoms with Crippen molar-refractivity contribution in [3.05, 3.63) is 34.1 Å². The van der Waals surface area contributed by atoms with E-state index in [9.17, 15) is 0 Å². The molecule has 0 aromatic heterocycles. The number of nitrogens with zero attached hydrogens (tertiary/aromatic N) is 2. The molecule has 7 heteroatoms. The van der Waals surface area contributed by atoms with Gasteiger partial charge in [0.2, 0.25) is 0 Å². The van der Waals surface area contributed by atoms with Gasteiger partial charge in [-0.3, -0.25) is 0 Å². The van der Waals surface area contributed by atoms with Gasteiger partial charge in [-0.2, -0.15) is 6.20 Å². The molecule has 0 amide bonds. The zero-order chi connectivity index (χ0) is 16.5. The summed E-state index contributed by atoms with van der Waals surface area (Å²) in [6.45, 7) is 11.8. The van der Waals surface area contributed by atoms with Crippen molar-refractivity contribution in [2.45, 2.75) is 34.1 Å². The Morgan fingerprint density at radius 3 is 1.76 bits per heavy atom. The monoisotopic (exact) mass is 555 g/mol. The van der Waals surface area contributed by atoms with Crippen molar-refractivity contribution in [2.24, 2.45) is 11.8 Å². The van der Waals surface area contributed by atoms with E-state index < -0.39 is 11.9 Å². The van der Waals surface area contributed by atoms with E-state index in [4.69, 9.17) is 37.7 Å². The zero-order valence-corrected chi connectivity index (χ0v) is 18.2. The predicted octanol–water partition coefficient (Wildman–Crippen LogP) is 7.02. The Kier molecular flexibility index (Phi) is 12.2. The fourth-order valence-corrected chi connectivity index (χ4v) is 2.16. The average Bonchev–Trinajstić information content (AvgIpc) is 2.26. The van der Waals surface area contributed by atoms with Gasteiger partial charge in [0.1, 0.15) is 0 Å². The Bertz CT molecular complexity index is 339. The molecule has 1 saturated heterocycles. The molecule has 2 aliphatic rings. The van der Waals surface area contributed by atoms with Crippen LogP contribution in [0.3, 0.4) is 0 Å². The van der Waals surface area contributed by atoms with Gasteiger partial charge in [0, 0.05) is 0 Å². The molecule has 0 aromatic rings. The van der Waals surface area contributed by atoms with Crippen molar-refractivity contribution >= 4 is 37.7 Å². The molecule has 128 valence electrons. The minimum absolute atomic E-state index is 0.846. The summed E-state index contributed by atoms with van der Waals surface area (Å²) in [5.41, 5.74) is 2.61. The molecule has 2 aliphatic heterocycles. The van der Waals surface area contributed by atoms with Crippen LogP contribution < -0.4 is 0 Å². The Morgan fingerprint density at radius 1 is 1.05 bits per heavy atom. The summed E-state index contributed by atoms with van der Waals surface area (Å²) in [4.78, 5) is 0. The molecule has 2 atom stereocenters. The molecule has 0 spiro atoms. The van der Waals surface area contributed by atoms with Crippen LogP contribution in [-0.2, 0) is 11.9 Å². The Morgan fingerprint density at radius 2 is 1.52 bits per heavy atom. The second-order valence-electron chi connectivity index (χ2n) is 5.51. The van der Waals surface area contributed by atoms with E-state index in [-0.39, 0.29) is 0 Å².